The fourth-order valence-electron chi connectivity index (χ4n) is 2.97. The van der Waals surface area contributed by atoms with Crippen molar-refractivity contribution >= 4 is 0 Å². The Morgan fingerprint density at radius 3 is 2.85 bits per heavy atom. The Kier molecular flexibility index (Phi) is 3.56. The Morgan fingerprint density at radius 2 is 2.20 bits per heavy atom. The fourth-order valence-corrected chi connectivity index (χ4v) is 2.97. The second-order valence-corrected chi connectivity index (χ2v) is 5.61. The molecule has 6 heteroatoms. The fraction of sp³-hybridized carbons (Fsp3) is 0.643. The van der Waals surface area contributed by atoms with Gasteiger partial charge in [0.1, 0.15) is 17.5 Å². The van der Waals surface area contributed by atoms with Crippen LogP contribution < -0.4 is 0 Å². The minimum absolute atomic E-state index is 0.534. The summed E-state index contributed by atoms with van der Waals surface area (Å²) in [5.41, 5.74) is 0. The Labute approximate surface area is 119 Å². The molecule has 6 nitrogen and oxygen atoms in total. The summed E-state index contributed by atoms with van der Waals surface area (Å²) in [6.07, 6.45) is 6.35. The first-order valence-corrected chi connectivity index (χ1v) is 7.22. The monoisotopic (exact) mass is 274 g/mol. The average Bonchev–Trinajstić information content (AvgIpc) is 3.06. The second-order valence-electron chi connectivity index (χ2n) is 5.61. The number of hydrogen-bond donors (Lipinski definition) is 0. The van der Waals surface area contributed by atoms with Gasteiger partial charge in [0, 0.05) is 25.5 Å². The van der Waals surface area contributed by atoms with E-state index in [2.05, 4.69) is 31.6 Å². The van der Waals surface area contributed by atoms with Crippen molar-refractivity contribution in [3.63, 3.8) is 0 Å². The van der Waals surface area contributed by atoms with Crippen LogP contribution in [0.5, 0.6) is 0 Å². The number of nitrogens with zero attached hydrogens (tertiary/aromatic N) is 6. The highest BCUT2D eigenvalue weighted by Gasteiger charge is 2.26. The van der Waals surface area contributed by atoms with Crippen LogP contribution in [-0.4, -0.2) is 41.8 Å². The van der Waals surface area contributed by atoms with Crippen LogP contribution in [0.2, 0.25) is 0 Å². The summed E-state index contributed by atoms with van der Waals surface area (Å²) in [5.74, 6) is 2.99. The maximum atomic E-state index is 4.48. The van der Waals surface area contributed by atoms with Gasteiger partial charge < -0.3 is 4.57 Å². The van der Waals surface area contributed by atoms with E-state index in [1.807, 2.05) is 30.9 Å². The predicted molar refractivity (Wildman–Crippen MR) is 76.1 cm³/mol. The van der Waals surface area contributed by atoms with Gasteiger partial charge in [-0.3, -0.25) is 4.90 Å². The first-order valence-electron chi connectivity index (χ1n) is 7.22. The Hall–Kier alpha value is -1.69. The molecule has 3 rings (SSSR count). The molecule has 0 saturated carbocycles. The SMILES string of the molecule is Cc1nc(C)n(C[C@@H]2CCCN2Cc2nccn2C)n1. The molecule has 3 heterocycles. The number of imidazole rings is 1. The lowest BCUT2D eigenvalue weighted by molar-refractivity contribution is 0.211. The number of rotatable bonds is 4. The minimum atomic E-state index is 0.534. The van der Waals surface area contributed by atoms with Crippen LogP contribution in [-0.2, 0) is 20.1 Å². The van der Waals surface area contributed by atoms with Crippen LogP contribution in [0.4, 0.5) is 0 Å². The van der Waals surface area contributed by atoms with Gasteiger partial charge >= 0.3 is 0 Å². The molecule has 0 spiro atoms. The van der Waals surface area contributed by atoms with Crippen LogP contribution in [0, 0.1) is 13.8 Å². The van der Waals surface area contributed by atoms with Crippen molar-refractivity contribution in [2.75, 3.05) is 6.54 Å². The molecule has 1 atom stereocenters. The normalized spacial score (nSPS) is 19.9. The molecule has 1 aliphatic rings. The molecular weight excluding hydrogens is 252 g/mol. The third-order valence-corrected chi connectivity index (χ3v) is 4.11. The van der Waals surface area contributed by atoms with E-state index < -0.39 is 0 Å². The largest absolute Gasteiger partial charge is 0.337 e. The summed E-state index contributed by atoms with van der Waals surface area (Å²) < 4.78 is 4.14. The smallest absolute Gasteiger partial charge is 0.147 e. The van der Waals surface area contributed by atoms with Gasteiger partial charge in [0.2, 0.25) is 0 Å². The molecule has 0 N–H and O–H groups in total. The number of hydrogen-bond acceptors (Lipinski definition) is 4. The van der Waals surface area contributed by atoms with Gasteiger partial charge in [-0.2, -0.15) is 5.10 Å². The molecule has 2 aromatic rings. The molecule has 20 heavy (non-hydrogen) atoms. The average molecular weight is 274 g/mol. The molecule has 108 valence electrons. The Bertz CT molecular complexity index is 584. The van der Waals surface area contributed by atoms with Crippen LogP contribution in [0.1, 0.15) is 30.3 Å². The second kappa shape index (κ2) is 5.36. The highest BCUT2D eigenvalue weighted by atomic mass is 15.4. The van der Waals surface area contributed by atoms with E-state index in [0.29, 0.717) is 6.04 Å². The van der Waals surface area contributed by atoms with Gasteiger partial charge in [0.05, 0.1) is 13.1 Å². The van der Waals surface area contributed by atoms with Crippen molar-refractivity contribution in [1.82, 2.24) is 29.2 Å². The summed E-state index contributed by atoms with van der Waals surface area (Å²) in [6.45, 7) is 6.96. The lowest BCUT2D eigenvalue weighted by atomic mass is 10.2. The van der Waals surface area contributed by atoms with Crippen LogP contribution in [0.25, 0.3) is 0 Å². The van der Waals surface area contributed by atoms with Crippen molar-refractivity contribution in [1.29, 1.82) is 0 Å². The molecule has 0 radical (unpaired) electrons. The third kappa shape index (κ3) is 2.60. The maximum absolute atomic E-state index is 4.48. The van der Waals surface area contributed by atoms with Crippen LogP contribution >= 0.6 is 0 Å². The Balaban J connectivity index is 1.69. The van der Waals surface area contributed by atoms with Gasteiger partial charge in [-0.15, -0.1) is 0 Å². The maximum Gasteiger partial charge on any atom is 0.147 e. The van der Waals surface area contributed by atoms with Gasteiger partial charge in [-0.25, -0.2) is 14.6 Å². The van der Waals surface area contributed by atoms with Gasteiger partial charge in [-0.05, 0) is 33.2 Å². The number of aromatic nitrogens is 5. The van der Waals surface area contributed by atoms with Crippen molar-refractivity contribution in [3.05, 3.63) is 29.9 Å². The highest BCUT2D eigenvalue weighted by Crippen LogP contribution is 2.21. The van der Waals surface area contributed by atoms with E-state index in [4.69, 9.17) is 0 Å². The van der Waals surface area contributed by atoms with Crippen molar-refractivity contribution in [2.24, 2.45) is 7.05 Å². The molecule has 0 amide bonds. The molecule has 1 aliphatic heterocycles. The number of likely N-dealkylation sites (tertiary alicyclic amines) is 1. The topological polar surface area (TPSA) is 51.8 Å². The summed E-state index contributed by atoms with van der Waals surface area (Å²) in [6, 6.07) is 0.534. The molecule has 0 unspecified atom stereocenters. The van der Waals surface area contributed by atoms with E-state index >= 15 is 0 Å². The highest BCUT2D eigenvalue weighted by molar-refractivity contribution is 4.94. The lowest BCUT2D eigenvalue weighted by Crippen LogP contribution is -2.34. The molecule has 2 aromatic heterocycles. The molecule has 1 saturated heterocycles. The molecule has 0 bridgehead atoms. The van der Waals surface area contributed by atoms with E-state index in [-0.39, 0.29) is 0 Å². The zero-order valence-corrected chi connectivity index (χ0v) is 12.5. The van der Waals surface area contributed by atoms with E-state index in [9.17, 15) is 0 Å². The first kappa shape index (κ1) is 13.3. The molecule has 0 aliphatic carbocycles. The van der Waals surface area contributed by atoms with Gasteiger partial charge in [-0.1, -0.05) is 0 Å². The lowest BCUT2D eigenvalue weighted by Gasteiger charge is -2.24. The standard InChI is InChI=1S/C14H22N6/c1-11-16-12(2)20(17-11)9-13-5-4-7-19(13)10-14-15-6-8-18(14)3/h6,8,13H,4-5,7,9-10H2,1-3H3/t13-/m0/s1. The van der Waals surface area contributed by atoms with Gasteiger partial charge in [0.15, 0.2) is 0 Å². The van der Waals surface area contributed by atoms with Crippen molar-refractivity contribution in [2.45, 2.75) is 45.8 Å². The Morgan fingerprint density at radius 1 is 1.35 bits per heavy atom. The van der Waals surface area contributed by atoms with Crippen LogP contribution in [0.15, 0.2) is 12.4 Å². The van der Waals surface area contributed by atoms with E-state index in [0.717, 1.165) is 37.1 Å². The zero-order valence-electron chi connectivity index (χ0n) is 12.5. The molecule has 0 aromatic carbocycles. The van der Waals surface area contributed by atoms with Crippen molar-refractivity contribution < 1.29 is 0 Å². The molecule has 1 fully saturated rings. The van der Waals surface area contributed by atoms with Gasteiger partial charge in [0.25, 0.3) is 0 Å². The quantitative estimate of drug-likeness (QED) is 0.843. The predicted octanol–water partition coefficient (Wildman–Crippen LogP) is 1.29. The molecular formula is C14H22N6. The first-order chi connectivity index (χ1) is 9.63. The minimum Gasteiger partial charge on any atom is -0.337 e. The van der Waals surface area contributed by atoms with Crippen LogP contribution in [0.3, 0.4) is 0 Å². The summed E-state index contributed by atoms with van der Waals surface area (Å²) in [4.78, 5) is 11.3. The summed E-state index contributed by atoms with van der Waals surface area (Å²) >= 11 is 0. The van der Waals surface area contributed by atoms with E-state index in [1.54, 1.807) is 0 Å². The number of aryl methyl sites for hydroxylation is 3. The summed E-state index contributed by atoms with van der Waals surface area (Å²) in [5, 5.41) is 4.48. The van der Waals surface area contributed by atoms with E-state index in [1.165, 1.54) is 12.8 Å². The third-order valence-electron chi connectivity index (χ3n) is 4.11. The zero-order chi connectivity index (χ0) is 14.1. The summed E-state index contributed by atoms with van der Waals surface area (Å²) in [7, 11) is 2.05. The van der Waals surface area contributed by atoms with Crippen molar-refractivity contribution in [3.8, 4) is 0 Å².